The summed E-state index contributed by atoms with van der Waals surface area (Å²) < 4.78 is 13.5. The average molecular weight is 236 g/mol. The van der Waals surface area contributed by atoms with Crippen LogP contribution in [-0.4, -0.2) is 24.3 Å². The summed E-state index contributed by atoms with van der Waals surface area (Å²) in [7, 11) is 0. The van der Waals surface area contributed by atoms with Crippen LogP contribution in [0.3, 0.4) is 0 Å². The zero-order valence-electron chi connectivity index (χ0n) is 9.38. The van der Waals surface area contributed by atoms with Crippen molar-refractivity contribution >= 4 is 11.7 Å². The lowest BCUT2D eigenvalue weighted by Crippen LogP contribution is -2.28. The van der Waals surface area contributed by atoms with Gasteiger partial charge in [0.1, 0.15) is 12.4 Å². The molecule has 0 saturated carbocycles. The van der Waals surface area contributed by atoms with Gasteiger partial charge in [-0.3, -0.25) is 0 Å². The Bertz CT molecular complexity index is 463. The summed E-state index contributed by atoms with van der Waals surface area (Å²) in [4.78, 5) is 11.2. The fraction of sp³-hybridized carbons (Fsp3) is 0.250. The van der Waals surface area contributed by atoms with Crippen molar-refractivity contribution in [2.45, 2.75) is 6.92 Å². The first-order chi connectivity index (χ1) is 8.17. The zero-order chi connectivity index (χ0) is 12.7. The van der Waals surface area contributed by atoms with Crippen LogP contribution in [0.1, 0.15) is 12.5 Å². The molecule has 0 aliphatic rings. The van der Waals surface area contributed by atoms with Crippen LogP contribution in [0.2, 0.25) is 0 Å². The van der Waals surface area contributed by atoms with Gasteiger partial charge in [0, 0.05) is 12.2 Å². The van der Waals surface area contributed by atoms with E-state index in [0.29, 0.717) is 12.2 Å². The number of nitrogens with one attached hydrogen (secondary N) is 2. The van der Waals surface area contributed by atoms with Crippen LogP contribution >= 0.6 is 0 Å². The summed E-state index contributed by atoms with van der Waals surface area (Å²) in [5, 5.41) is 13.5. The van der Waals surface area contributed by atoms with Gasteiger partial charge in [-0.1, -0.05) is 11.8 Å². The van der Waals surface area contributed by atoms with Crippen LogP contribution in [0, 0.1) is 17.7 Å². The molecule has 4 nitrogen and oxygen atoms in total. The van der Waals surface area contributed by atoms with E-state index in [4.69, 9.17) is 5.11 Å². The fourth-order valence-electron chi connectivity index (χ4n) is 1.16. The average Bonchev–Trinajstić information content (AvgIpc) is 2.28. The maximum absolute atomic E-state index is 13.5. The molecule has 0 heterocycles. The van der Waals surface area contributed by atoms with E-state index in [1.54, 1.807) is 13.0 Å². The van der Waals surface area contributed by atoms with Gasteiger partial charge in [0.05, 0.1) is 5.56 Å². The Hall–Kier alpha value is -2.06. The molecule has 0 bridgehead atoms. The molecular formula is C12H13FN2O2. The first kappa shape index (κ1) is 13.0. The van der Waals surface area contributed by atoms with Gasteiger partial charge in [0.15, 0.2) is 0 Å². The third-order valence-electron chi connectivity index (χ3n) is 1.87. The number of aliphatic hydroxyl groups excluding tert-OH is 1. The highest BCUT2D eigenvalue weighted by molar-refractivity contribution is 5.89. The number of amides is 2. The van der Waals surface area contributed by atoms with Crippen molar-refractivity contribution in [2.75, 3.05) is 18.5 Å². The van der Waals surface area contributed by atoms with Crippen molar-refractivity contribution in [3.63, 3.8) is 0 Å². The number of rotatable bonds is 2. The highest BCUT2D eigenvalue weighted by Gasteiger charge is 2.03. The van der Waals surface area contributed by atoms with E-state index < -0.39 is 5.82 Å². The normalized spacial score (nSPS) is 9.12. The maximum atomic E-state index is 13.5. The molecule has 0 atom stereocenters. The Balaban J connectivity index is 2.78. The van der Waals surface area contributed by atoms with Gasteiger partial charge in [0.25, 0.3) is 0 Å². The van der Waals surface area contributed by atoms with Gasteiger partial charge in [-0.25, -0.2) is 9.18 Å². The Morgan fingerprint density at radius 2 is 2.29 bits per heavy atom. The molecule has 0 aromatic heterocycles. The molecule has 1 rings (SSSR count). The molecule has 0 aliphatic heterocycles. The minimum Gasteiger partial charge on any atom is -0.384 e. The van der Waals surface area contributed by atoms with Gasteiger partial charge in [-0.2, -0.15) is 0 Å². The summed E-state index contributed by atoms with van der Waals surface area (Å²) in [6, 6.07) is 3.77. The first-order valence-electron chi connectivity index (χ1n) is 5.11. The number of halogens is 1. The van der Waals surface area contributed by atoms with Gasteiger partial charge >= 0.3 is 6.03 Å². The quantitative estimate of drug-likeness (QED) is 0.678. The van der Waals surface area contributed by atoms with Crippen molar-refractivity contribution in [3.05, 3.63) is 29.6 Å². The van der Waals surface area contributed by atoms with E-state index in [2.05, 4.69) is 22.5 Å². The van der Waals surface area contributed by atoms with Crippen molar-refractivity contribution in [1.29, 1.82) is 0 Å². The van der Waals surface area contributed by atoms with Crippen LogP contribution in [0.15, 0.2) is 18.2 Å². The molecule has 0 aliphatic carbocycles. The number of benzene rings is 1. The molecule has 5 heteroatoms. The molecule has 3 N–H and O–H groups in total. The van der Waals surface area contributed by atoms with E-state index in [-0.39, 0.29) is 18.2 Å². The monoisotopic (exact) mass is 236 g/mol. The maximum Gasteiger partial charge on any atom is 0.319 e. The summed E-state index contributed by atoms with van der Waals surface area (Å²) in [5.41, 5.74) is 0.531. The highest BCUT2D eigenvalue weighted by atomic mass is 19.1. The summed E-state index contributed by atoms with van der Waals surface area (Å²) >= 11 is 0. The van der Waals surface area contributed by atoms with Crippen molar-refractivity contribution in [1.82, 2.24) is 5.32 Å². The summed E-state index contributed by atoms with van der Waals surface area (Å²) in [5.74, 6) is 4.28. The number of carbonyl (C=O) groups excluding carboxylic acids is 1. The lowest BCUT2D eigenvalue weighted by atomic mass is 10.2. The zero-order valence-corrected chi connectivity index (χ0v) is 9.38. The van der Waals surface area contributed by atoms with Crippen LogP contribution < -0.4 is 10.6 Å². The molecule has 0 unspecified atom stereocenters. The molecular weight excluding hydrogens is 223 g/mol. The Morgan fingerprint density at radius 3 is 2.88 bits per heavy atom. The van der Waals surface area contributed by atoms with Crippen molar-refractivity contribution in [3.8, 4) is 11.8 Å². The number of hydrogen-bond acceptors (Lipinski definition) is 2. The summed E-state index contributed by atoms with van der Waals surface area (Å²) in [6.07, 6.45) is 0. The predicted octanol–water partition coefficient (Wildman–Crippen LogP) is 1.31. The third-order valence-corrected chi connectivity index (χ3v) is 1.87. The number of hydrogen-bond donors (Lipinski definition) is 3. The number of urea groups is 1. The molecule has 1 aromatic rings. The highest BCUT2D eigenvalue weighted by Crippen LogP contribution is 2.13. The van der Waals surface area contributed by atoms with Gasteiger partial charge in [-0.05, 0) is 25.1 Å². The molecule has 0 spiro atoms. The largest absolute Gasteiger partial charge is 0.384 e. The first-order valence-corrected chi connectivity index (χ1v) is 5.11. The van der Waals surface area contributed by atoms with Crippen LogP contribution in [0.5, 0.6) is 0 Å². The van der Waals surface area contributed by atoms with Gasteiger partial charge in [0.2, 0.25) is 0 Å². The third kappa shape index (κ3) is 4.13. The van der Waals surface area contributed by atoms with Crippen LogP contribution in [0.4, 0.5) is 14.9 Å². The minimum atomic E-state index is -0.541. The Kier molecular flexibility index (Phi) is 4.98. The molecule has 0 radical (unpaired) electrons. The molecule has 1 aromatic carbocycles. The van der Waals surface area contributed by atoms with Crippen molar-refractivity contribution in [2.24, 2.45) is 0 Å². The number of carbonyl (C=O) groups is 1. The minimum absolute atomic E-state index is 0.181. The molecule has 0 fully saturated rings. The van der Waals surface area contributed by atoms with Crippen molar-refractivity contribution < 1.29 is 14.3 Å². The van der Waals surface area contributed by atoms with Gasteiger partial charge in [-0.15, -0.1) is 0 Å². The van der Waals surface area contributed by atoms with E-state index in [1.165, 1.54) is 12.1 Å². The van der Waals surface area contributed by atoms with E-state index in [9.17, 15) is 9.18 Å². The topological polar surface area (TPSA) is 61.4 Å². The smallest absolute Gasteiger partial charge is 0.319 e. The molecule has 0 saturated heterocycles. The molecule has 2 amide bonds. The lowest BCUT2D eigenvalue weighted by molar-refractivity contribution is 0.252. The Morgan fingerprint density at radius 1 is 1.53 bits per heavy atom. The Labute approximate surface area is 98.8 Å². The number of aliphatic hydroxyl groups is 1. The number of anilines is 1. The summed E-state index contributed by atoms with van der Waals surface area (Å²) in [6.45, 7) is 1.96. The molecule has 17 heavy (non-hydrogen) atoms. The standard InChI is InChI=1S/C12H13FN2O2/c1-2-14-12(17)15-10-6-5-9(4-3-7-16)11(13)8-10/h5-6,8,16H,2,7H2,1H3,(H2,14,15,17). The van der Waals surface area contributed by atoms with Crippen LogP contribution in [-0.2, 0) is 0 Å². The fourth-order valence-corrected chi connectivity index (χ4v) is 1.16. The van der Waals surface area contributed by atoms with E-state index >= 15 is 0 Å². The second-order valence-electron chi connectivity index (χ2n) is 3.14. The van der Waals surface area contributed by atoms with E-state index in [1.807, 2.05) is 0 Å². The second-order valence-corrected chi connectivity index (χ2v) is 3.14. The predicted molar refractivity (Wildman–Crippen MR) is 63.1 cm³/mol. The molecule has 90 valence electrons. The van der Waals surface area contributed by atoms with Gasteiger partial charge < -0.3 is 15.7 Å². The SMILES string of the molecule is CCNC(=O)Nc1ccc(C#CCO)c(F)c1. The van der Waals surface area contributed by atoms with Crippen LogP contribution in [0.25, 0.3) is 0 Å². The second kappa shape index (κ2) is 6.51. The van der Waals surface area contributed by atoms with E-state index in [0.717, 1.165) is 0 Å². The lowest BCUT2D eigenvalue weighted by Gasteiger charge is -2.06.